The molecule has 0 amide bonds. The molecule has 8 heteroatoms. The maximum absolute atomic E-state index is 13.5. The van der Waals surface area contributed by atoms with E-state index in [2.05, 4.69) is 15.0 Å². The SMILES string of the molecule is O=S(=O)(c1cccnc1)N(Cc1ccc(-c2ncccn2)cc1)Cc1cccc(CCO)c1. The molecule has 0 saturated carbocycles. The minimum atomic E-state index is -3.79. The van der Waals surface area contributed by atoms with Gasteiger partial charge >= 0.3 is 0 Å². The van der Waals surface area contributed by atoms with Gasteiger partial charge in [0.25, 0.3) is 0 Å². The summed E-state index contributed by atoms with van der Waals surface area (Å²) in [7, 11) is -3.79. The quantitative estimate of drug-likeness (QED) is 0.411. The number of hydrogen-bond acceptors (Lipinski definition) is 6. The van der Waals surface area contributed by atoms with Crippen molar-refractivity contribution in [1.82, 2.24) is 19.3 Å². The van der Waals surface area contributed by atoms with Gasteiger partial charge in [0.15, 0.2) is 5.82 Å². The summed E-state index contributed by atoms with van der Waals surface area (Å²) in [5, 5.41) is 9.25. The standard InChI is InChI=1S/C25H24N4O3S/c30-15-11-20-4-1-5-22(16-20)19-29(33(31,32)24-6-2-12-26-17-24)18-21-7-9-23(10-8-21)25-27-13-3-14-28-25/h1-10,12-14,16-17,30H,11,15,18-19H2. The molecule has 0 bridgehead atoms. The molecular weight excluding hydrogens is 436 g/mol. The van der Waals surface area contributed by atoms with Crippen LogP contribution in [0.5, 0.6) is 0 Å². The largest absolute Gasteiger partial charge is 0.396 e. The van der Waals surface area contributed by atoms with Gasteiger partial charge in [-0.05, 0) is 41.3 Å². The number of nitrogens with zero attached hydrogens (tertiary/aromatic N) is 4. The molecule has 0 atom stereocenters. The molecular formula is C25H24N4O3S. The molecule has 0 radical (unpaired) electrons. The number of pyridine rings is 1. The van der Waals surface area contributed by atoms with Crippen LogP contribution in [0.3, 0.4) is 0 Å². The first kappa shape index (κ1) is 22.7. The van der Waals surface area contributed by atoms with Crippen LogP contribution in [0.25, 0.3) is 11.4 Å². The van der Waals surface area contributed by atoms with Gasteiger partial charge in [-0.2, -0.15) is 4.31 Å². The van der Waals surface area contributed by atoms with Gasteiger partial charge in [0.2, 0.25) is 10.0 Å². The molecule has 0 aliphatic rings. The molecule has 0 saturated heterocycles. The predicted octanol–water partition coefficient (Wildman–Crippen LogP) is 3.46. The van der Waals surface area contributed by atoms with E-state index in [-0.39, 0.29) is 24.6 Å². The van der Waals surface area contributed by atoms with Crippen LogP contribution in [-0.2, 0) is 29.5 Å². The lowest BCUT2D eigenvalue weighted by atomic mass is 10.1. The van der Waals surface area contributed by atoms with Crippen molar-refractivity contribution in [2.75, 3.05) is 6.61 Å². The number of aromatic nitrogens is 3. The summed E-state index contributed by atoms with van der Waals surface area (Å²) in [5.41, 5.74) is 3.51. The third-order valence-electron chi connectivity index (χ3n) is 5.16. The Hall–Kier alpha value is -3.46. The van der Waals surface area contributed by atoms with Gasteiger partial charge < -0.3 is 5.11 Å². The third-order valence-corrected chi connectivity index (χ3v) is 6.94. The van der Waals surface area contributed by atoms with Crippen LogP contribution in [0.15, 0.2) is 96.4 Å². The molecule has 4 rings (SSSR count). The molecule has 0 fully saturated rings. The normalized spacial score (nSPS) is 11.6. The fraction of sp³-hybridized carbons (Fsp3) is 0.160. The Balaban J connectivity index is 1.63. The second-order valence-corrected chi connectivity index (χ2v) is 9.46. The molecule has 1 N–H and O–H groups in total. The zero-order valence-corrected chi connectivity index (χ0v) is 18.8. The number of aliphatic hydroxyl groups excluding tert-OH is 1. The van der Waals surface area contributed by atoms with Crippen LogP contribution in [-0.4, -0.2) is 39.4 Å². The Labute approximate surface area is 193 Å². The van der Waals surface area contributed by atoms with E-state index in [0.717, 1.165) is 22.3 Å². The second-order valence-electron chi connectivity index (χ2n) is 7.52. The second kappa shape index (κ2) is 10.4. The molecule has 4 aromatic rings. The lowest BCUT2D eigenvalue weighted by Gasteiger charge is -2.23. The van der Waals surface area contributed by atoms with Crippen LogP contribution in [0.4, 0.5) is 0 Å². The Kier molecular flexibility index (Phi) is 7.19. The summed E-state index contributed by atoms with van der Waals surface area (Å²) in [6, 6.07) is 20.1. The highest BCUT2D eigenvalue weighted by molar-refractivity contribution is 7.89. The van der Waals surface area contributed by atoms with Crippen LogP contribution in [0, 0.1) is 0 Å². The van der Waals surface area contributed by atoms with Gasteiger partial charge in [-0.15, -0.1) is 0 Å². The predicted molar refractivity (Wildman–Crippen MR) is 125 cm³/mol. The maximum Gasteiger partial charge on any atom is 0.245 e. The van der Waals surface area contributed by atoms with Crippen LogP contribution < -0.4 is 0 Å². The monoisotopic (exact) mass is 460 g/mol. The Bertz CT molecular complexity index is 1280. The Morgan fingerprint density at radius 2 is 1.52 bits per heavy atom. The van der Waals surface area contributed by atoms with Crippen LogP contribution in [0.1, 0.15) is 16.7 Å². The topological polar surface area (TPSA) is 96.3 Å². The van der Waals surface area contributed by atoms with Gasteiger partial charge in [-0.3, -0.25) is 4.98 Å². The van der Waals surface area contributed by atoms with E-state index in [4.69, 9.17) is 0 Å². The van der Waals surface area contributed by atoms with E-state index in [9.17, 15) is 13.5 Å². The molecule has 33 heavy (non-hydrogen) atoms. The van der Waals surface area contributed by atoms with E-state index >= 15 is 0 Å². The average Bonchev–Trinajstić information content (AvgIpc) is 2.86. The highest BCUT2D eigenvalue weighted by Gasteiger charge is 2.25. The average molecular weight is 461 g/mol. The summed E-state index contributed by atoms with van der Waals surface area (Å²) in [5.74, 6) is 0.615. The molecule has 0 aliphatic heterocycles. The molecule has 0 unspecified atom stereocenters. The molecule has 168 valence electrons. The summed E-state index contributed by atoms with van der Waals surface area (Å²) in [6.07, 6.45) is 6.80. The van der Waals surface area contributed by atoms with E-state index in [1.54, 1.807) is 36.8 Å². The number of sulfonamides is 1. The number of rotatable bonds is 9. The van der Waals surface area contributed by atoms with E-state index in [0.29, 0.717) is 12.2 Å². The van der Waals surface area contributed by atoms with E-state index < -0.39 is 10.0 Å². The van der Waals surface area contributed by atoms with Crippen LogP contribution in [0.2, 0.25) is 0 Å². The summed E-state index contributed by atoms with van der Waals surface area (Å²) in [4.78, 5) is 12.6. The van der Waals surface area contributed by atoms with E-state index in [1.165, 1.54) is 10.5 Å². The summed E-state index contributed by atoms with van der Waals surface area (Å²) >= 11 is 0. The van der Waals surface area contributed by atoms with Crippen molar-refractivity contribution in [3.8, 4) is 11.4 Å². The molecule has 0 spiro atoms. The van der Waals surface area contributed by atoms with Crippen molar-refractivity contribution in [3.05, 3.63) is 108 Å². The van der Waals surface area contributed by atoms with Crippen molar-refractivity contribution in [2.24, 2.45) is 0 Å². The van der Waals surface area contributed by atoms with Gasteiger partial charge in [-0.1, -0.05) is 48.5 Å². The lowest BCUT2D eigenvalue weighted by molar-refractivity contribution is 0.299. The zero-order chi connectivity index (χ0) is 23.1. The minimum Gasteiger partial charge on any atom is -0.396 e. The van der Waals surface area contributed by atoms with Crippen molar-refractivity contribution in [2.45, 2.75) is 24.4 Å². The van der Waals surface area contributed by atoms with Crippen molar-refractivity contribution >= 4 is 10.0 Å². The summed E-state index contributed by atoms with van der Waals surface area (Å²) in [6.45, 7) is 0.427. The molecule has 0 aliphatic carbocycles. The number of aliphatic hydroxyl groups is 1. The lowest BCUT2D eigenvalue weighted by Crippen LogP contribution is -2.30. The van der Waals surface area contributed by atoms with Gasteiger partial charge in [0.05, 0.1) is 0 Å². The van der Waals surface area contributed by atoms with Crippen molar-refractivity contribution in [1.29, 1.82) is 0 Å². The first-order valence-corrected chi connectivity index (χ1v) is 12.0. The van der Waals surface area contributed by atoms with Gasteiger partial charge in [-0.25, -0.2) is 18.4 Å². The van der Waals surface area contributed by atoms with Gasteiger partial charge in [0.1, 0.15) is 4.90 Å². The number of benzene rings is 2. The first-order valence-electron chi connectivity index (χ1n) is 10.5. The molecule has 2 heterocycles. The van der Waals surface area contributed by atoms with Crippen molar-refractivity contribution < 1.29 is 13.5 Å². The Morgan fingerprint density at radius 1 is 0.788 bits per heavy atom. The Morgan fingerprint density at radius 3 is 2.21 bits per heavy atom. The van der Waals surface area contributed by atoms with Crippen LogP contribution >= 0.6 is 0 Å². The third kappa shape index (κ3) is 5.67. The maximum atomic E-state index is 13.5. The molecule has 2 aromatic heterocycles. The smallest absolute Gasteiger partial charge is 0.245 e. The summed E-state index contributed by atoms with van der Waals surface area (Å²) < 4.78 is 28.4. The number of hydrogen-bond donors (Lipinski definition) is 1. The van der Waals surface area contributed by atoms with Gasteiger partial charge in [0, 0.05) is 50.0 Å². The fourth-order valence-corrected chi connectivity index (χ4v) is 4.88. The minimum absolute atomic E-state index is 0.0403. The highest BCUT2D eigenvalue weighted by atomic mass is 32.2. The fourth-order valence-electron chi connectivity index (χ4n) is 3.50. The van der Waals surface area contributed by atoms with E-state index in [1.807, 2.05) is 48.5 Å². The first-order chi connectivity index (χ1) is 16.1. The highest BCUT2D eigenvalue weighted by Crippen LogP contribution is 2.22. The van der Waals surface area contributed by atoms with Crippen molar-refractivity contribution in [3.63, 3.8) is 0 Å². The molecule has 2 aromatic carbocycles. The zero-order valence-electron chi connectivity index (χ0n) is 17.9. The molecule has 7 nitrogen and oxygen atoms in total.